The molecule has 0 bridgehead atoms. The first-order valence-electron chi connectivity index (χ1n) is 8.27. The maximum Gasteiger partial charge on any atom is 0.336 e. The smallest absolute Gasteiger partial charge is 0.336 e. The van der Waals surface area contributed by atoms with Crippen molar-refractivity contribution >= 4 is 34.4 Å². The lowest BCUT2D eigenvalue weighted by molar-refractivity contribution is -0.118. The fourth-order valence-corrected chi connectivity index (χ4v) is 2.65. The van der Waals surface area contributed by atoms with E-state index in [4.69, 9.17) is 25.3 Å². The summed E-state index contributed by atoms with van der Waals surface area (Å²) in [5.74, 6) is 0.0363. The first-order chi connectivity index (χ1) is 12.6. The summed E-state index contributed by atoms with van der Waals surface area (Å²) < 4.78 is 15.7. The topological polar surface area (TPSA) is 94.6 Å². The molecule has 142 valence electrons. The molecule has 1 N–H and O–H groups in total. The number of benzene rings is 1. The van der Waals surface area contributed by atoms with Gasteiger partial charge >= 0.3 is 5.63 Å². The molecule has 0 radical (unpaired) electrons. The molecule has 3 aromatic rings. The van der Waals surface area contributed by atoms with E-state index in [0.717, 1.165) is 11.3 Å². The minimum absolute atomic E-state index is 0.191. The van der Waals surface area contributed by atoms with Gasteiger partial charge in [-0.05, 0) is 18.6 Å². The van der Waals surface area contributed by atoms with Gasteiger partial charge in [0.2, 0.25) is 5.88 Å². The molecule has 0 atom stereocenters. The fraction of sp³-hybridized carbons (Fsp3) is 0.316. The molecule has 0 spiro atoms. The van der Waals surface area contributed by atoms with Crippen molar-refractivity contribution in [3.63, 3.8) is 0 Å². The van der Waals surface area contributed by atoms with E-state index in [0.29, 0.717) is 16.0 Å². The summed E-state index contributed by atoms with van der Waals surface area (Å²) in [6.45, 7) is 7.45. The Morgan fingerprint density at radius 3 is 2.67 bits per heavy atom. The van der Waals surface area contributed by atoms with Gasteiger partial charge in [-0.1, -0.05) is 37.5 Å². The van der Waals surface area contributed by atoms with Crippen LogP contribution in [0.5, 0.6) is 5.75 Å². The number of fused-ring (bicyclic) bond motifs is 1. The second-order valence-electron chi connectivity index (χ2n) is 7.19. The molecule has 0 aliphatic rings. The van der Waals surface area contributed by atoms with Crippen LogP contribution < -0.4 is 15.7 Å². The predicted octanol–water partition coefficient (Wildman–Crippen LogP) is 4.06. The molecule has 7 nitrogen and oxygen atoms in total. The largest absolute Gasteiger partial charge is 0.482 e. The Balaban J connectivity index is 1.71. The van der Waals surface area contributed by atoms with Crippen LogP contribution in [0, 0.1) is 6.92 Å². The van der Waals surface area contributed by atoms with Crippen LogP contribution >= 0.6 is 11.6 Å². The summed E-state index contributed by atoms with van der Waals surface area (Å²) in [6, 6.07) is 6.17. The second kappa shape index (κ2) is 7.08. The Hall–Kier alpha value is -2.80. The van der Waals surface area contributed by atoms with Crippen LogP contribution in [0.3, 0.4) is 0 Å². The Labute approximate surface area is 160 Å². The van der Waals surface area contributed by atoms with Crippen LogP contribution in [-0.2, 0) is 10.2 Å². The average Bonchev–Trinajstić information content (AvgIpc) is 3.02. The molecule has 3 rings (SSSR count). The molecule has 0 aliphatic carbocycles. The number of ether oxygens (including phenoxy) is 1. The molecule has 8 heteroatoms. The van der Waals surface area contributed by atoms with Crippen LogP contribution in [0.4, 0.5) is 5.88 Å². The first-order valence-corrected chi connectivity index (χ1v) is 8.65. The number of halogens is 1. The zero-order valence-electron chi connectivity index (χ0n) is 15.4. The van der Waals surface area contributed by atoms with Gasteiger partial charge in [0.15, 0.2) is 6.61 Å². The standard InChI is InChI=1S/C19H19ClN2O5/c1-10-5-18(24)26-13-7-14(12(20)6-11(10)13)25-9-16(23)21-17-8-15(22-27-17)19(2,3)4/h5-8H,9H2,1-4H3,(H,21,23). The molecule has 0 saturated carbocycles. The van der Waals surface area contributed by atoms with Crippen LogP contribution in [0.25, 0.3) is 11.0 Å². The molecular weight excluding hydrogens is 372 g/mol. The lowest BCUT2D eigenvalue weighted by atomic mass is 9.92. The van der Waals surface area contributed by atoms with Gasteiger partial charge < -0.3 is 13.7 Å². The van der Waals surface area contributed by atoms with Crippen LogP contribution in [-0.4, -0.2) is 17.7 Å². The first kappa shape index (κ1) is 19.0. The molecular formula is C19H19ClN2O5. The number of hydrogen-bond donors (Lipinski definition) is 1. The maximum absolute atomic E-state index is 12.1. The van der Waals surface area contributed by atoms with Gasteiger partial charge in [-0.3, -0.25) is 10.1 Å². The van der Waals surface area contributed by atoms with Gasteiger partial charge in [0.05, 0.1) is 10.7 Å². The summed E-state index contributed by atoms with van der Waals surface area (Å²) in [4.78, 5) is 23.6. The molecule has 2 aromatic heterocycles. The molecule has 0 aliphatic heterocycles. The highest BCUT2D eigenvalue weighted by Crippen LogP contribution is 2.31. The number of aryl methyl sites for hydroxylation is 1. The molecule has 0 saturated heterocycles. The van der Waals surface area contributed by atoms with Crippen molar-refractivity contribution in [2.45, 2.75) is 33.1 Å². The van der Waals surface area contributed by atoms with Gasteiger partial charge in [0, 0.05) is 29.0 Å². The Bertz CT molecular complexity index is 1060. The number of anilines is 1. The number of aromatic nitrogens is 1. The van der Waals surface area contributed by atoms with Crippen molar-refractivity contribution in [2.75, 3.05) is 11.9 Å². The number of nitrogens with zero attached hydrogens (tertiary/aromatic N) is 1. The molecule has 1 aromatic carbocycles. The highest BCUT2D eigenvalue weighted by molar-refractivity contribution is 6.32. The minimum Gasteiger partial charge on any atom is -0.482 e. The highest BCUT2D eigenvalue weighted by atomic mass is 35.5. The van der Waals surface area contributed by atoms with Crippen molar-refractivity contribution < 1.29 is 18.5 Å². The van der Waals surface area contributed by atoms with Crippen molar-refractivity contribution in [1.29, 1.82) is 0 Å². The lowest BCUT2D eigenvalue weighted by Crippen LogP contribution is -2.20. The predicted molar refractivity (Wildman–Crippen MR) is 102 cm³/mol. The normalized spacial score (nSPS) is 11.6. The van der Waals surface area contributed by atoms with E-state index in [1.165, 1.54) is 12.1 Å². The Morgan fingerprint density at radius 1 is 1.26 bits per heavy atom. The maximum atomic E-state index is 12.1. The van der Waals surface area contributed by atoms with Crippen molar-refractivity contribution in [2.24, 2.45) is 0 Å². The van der Waals surface area contributed by atoms with E-state index in [2.05, 4.69) is 10.5 Å². The van der Waals surface area contributed by atoms with Crippen LogP contribution in [0.15, 0.2) is 38.0 Å². The summed E-state index contributed by atoms with van der Waals surface area (Å²) in [7, 11) is 0. The Morgan fingerprint density at radius 2 is 2.00 bits per heavy atom. The van der Waals surface area contributed by atoms with Crippen LogP contribution in [0.2, 0.25) is 5.02 Å². The summed E-state index contributed by atoms with van der Waals surface area (Å²) in [6.07, 6.45) is 0. The lowest BCUT2D eigenvalue weighted by Gasteiger charge is -2.12. The van der Waals surface area contributed by atoms with Crippen LogP contribution in [0.1, 0.15) is 32.0 Å². The molecule has 0 unspecified atom stereocenters. The van der Waals surface area contributed by atoms with Crippen molar-refractivity contribution in [3.8, 4) is 5.75 Å². The van der Waals surface area contributed by atoms with E-state index in [1.807, 2.05) is 20.8 Å². The van der Waals surface area contributed by atoms with E-state index in [-0.39, 0.29) is 23.7 Å². The number of hydrogen-bond acceptors (Lipinski definition) is 6. The molecule has 0 fully saturated rings. The van der Waals surface area contributed by atoms with E-state index >= 15 is 0 Å². The summed E-state index contributed by atoms with van der Waals surface area (Å²) >= 11 is 6.21. The number of carbonyl (C=O) groups is 1. The third-order valence-electron chi connectivity index (χ3n) is 3.90. The average molecular weight is 391 g/mol. The van der Waals surface area contributed by atoms with Crippen molar-refractivity contribution in [3.05, 3.63) is 51.0 Å². The molecule has 2 heterocycles. The SMILES string of the molecule is Cc1cc(=O)oc2cc(OCC(=O)Nc3cc(C(C)(C)C)no3)c(Cl)cc12. The van der Waals surface area contributed by atoms with E-state index in [9.17, 15) is 9.59 Å². The highest BCUT2D eigenvalue weighted by Gasteiger charge is 2.20. The van der Waals surface area contributed by atoms with Gasteiger partial charge in [-0.15, -0.1) is 0 Å². The van der Waals surface area contributed by atoms with E-state index < -0.39 is 11.5 Å². The number of amides is 1. The number of rotatable bonds is 4. The monoisotopic (exact) mass is 390 g/mol. The number of carbonyl (C=O) groups excluding carboxylic acids is 1. The third-order valence-corrected chi connectivity index (χ3v) is 4.20. The summed E-state index contributed by atoms with van der Waals surface area (Å²) in [5.41, 5.74) is 1.15. The third kappa shape index (κ3) is 4.31. The fourth-order valence-electron chi connectivity index (χ4n) is 2.43. The zero-order chi connectivity index (χ0) is 19.8. The van der Waals surface area contributed by atoms with Crippen molar-refractivity contribution in [1.82, 2.24) is 5.16 Å². The minimum atomic E-state index is -0.467. The second-order valence-corrected chi connectivity index (χ2v) is 7.60. The Kier molecular flexibility index (Phi) is 4.97. The van der Waals surface area contributed by atoms with Gasteiger partial charge in [0.1, 0.15) is 11.3 Å². The quantitative estimate of drug-likeness (QED) is 0.675. The zero-order valence-corrected chi connectivity index (χ0v) is 16.1. The number of nitrogens with one attached hydrogen (secondary N) is 1. The summed E-state index contributed by atoms with van der Waals surface area (Å²) in [5, 5.41) is 7.51. The van der Waals surface area contributed by atoms with E-state index in [1.54, 1.807) is 19.1 Å². The molecule has 1 amide bonds. The van der Waals surface area contributed by atoms with Gasteiger partial charge in [0.25, 0.3) is 5.91 Å². The van der Waals surface area contributed by atoms with Gasteiger partial charge in [-0.2, -0.15) is 0 Å². The molecule has 27 heavy (non-hydrogen) atoms. The van der Waals surface area contributed by atoms with Gasteiger partial charge in [-0.25, -0.2) is 4.79 Å².